The molecule has 1 aliphatic heterocycles. The van der Waals surface area contributed by atoms with Gasteiger partial charge in [0.2, 0.25) is 0 Å². The zero-order valence-electron chi connectivity index (χ0n) is 3.34. The Kier molecular flexibility index (Phi) is 0.805. The molecule has 0 atom stereocenters. The second-order valence-corrected chi connectivity index (χ2v) is 0.944. The van der Waals surface area contributed by atoms with E-state index in [-0.39, 0.29) is 5.70 Å². The zero-order valence-corrected chi connectivity index (χ0v) is 3.34. The van der Waals surface area contributed by atoms with Crippen LogP contribution in [0.2, 0.25) is 0 Å². The first-order valence-electron chi connectivity index (χ1n) is 1.64. The van der Waals surface area contributed by atoms with Crippen molar-refractivity contribution < 1.29 is 9.73 Å². The number of hydrogen-bond acceptors (Lipinski definition) is 4. The SMILES string of the molecule is O=C=C1C=NON1. The second-order valence-electron chi connectivity index (χ2n) is 0.944. The van der Waals surface area contributed by atoms with Gasteiger partial charge in [0.25, 0.3) is 0 Å². The van der Waals surface area contributed by atoms with Crippen molar-refractivity contribution in [2.75, 3.05) is 0 Å². The van der Waals surface area contributed by atoms with Crippen molar-refractivity contribution in [3.05, 3.63) is 5.70 Å². The number of rotatable bonds is 0. The molecule has 0 aliphatic carbocycles. The van der Waals surface area contributed by atoms with Crippen molar-refractivity contribution in [1.82, 2.24) is 5.48 Å². The van der Waals surface area contributed by atoms with E-state index in [1.54, 1.807) is 5.94 Å². The largest absolute Gasteiger partial charge is 0.270 e. The Hall–Kier alpha value is -1.28. The monoisotopic (exact) mass is 98.0 g/mol. The van der Waals surface area contributed by atoms with Crippen LogP contribution >= 0.6 is 0 Å². The summed E-state index contributed by atoms with van der Waals surface area (Å²) in [4.78, 5) is 13.8. The van der Waals surface area contributed by atoms with Crippen molar-refractivity contribution >= 4 is 12.2 Å². The zero-order chi connectivity index (χ0) is 5.11. The van der Waals surface area contributed by atoms with E-state index in [2.05, 4.69) is 15.6 Å². The van der Waals surface area contributed by atoms with Gasteiger partial charge in [-0.05, 0) is 0 Å². The van der Waals surface area contributed by atoms with Crippen LogP contribution < -0.4 is 5.48 Å². The molecule has 0 saturated carbocycles. The first-order chi connectivity index (χ1) is 3.43. The van der Waals surface area contributed by atoms with Gasteiger partial charge >= 0.3 is 0 Å². The van der Waals surface area contributed by atoms with E-state index in [4.69, 9.17) is 0 Å². The fourth-order valence-corrected chi connectivity index (χ4v) is 0.228. The van der Waals surface area contributed by atoms with Gasteiger partial charge < -0.3 is 0 Å². The van der Waals surface area contributed by atoms with Gasteiger partial charge in [-0.1, -0.05) is 5.16 Å². The first-order valence-corrected chi connectivity index (χ1v) is 1.64. The minimum atomic E-state index is 0.222. The first kappa shape index (κ1) is 3.89. The van der Waals surface area contributed by atoms with E-state index >= 15 is 0 Å². The molecule has 1 rings (SSSR count). The van der Waals surface area contributed by atoms with Crippen LogP contribution in [-0.2, 0) is 9.73 Å². The maximum absolute atomic E-state index is 9.61. The number of oxime groups is 1. The van der Waals surface area contributed by atoms with E-state index in [1.165, 1.54) is 6.21 Å². The van der Waals surface area contributed by atoms with Gasteiger partial charge in [-0.2, -0.15) is 5.48 Å². The van der Waals surface area contributed by atoms with Crippen LogP contribution in [0.25, 0.3) is 0 Å². The quantitative estimate of drug-likeness (QED) is 0.404. The fourth-order valence-electron chi connectivity index (χ4n) is 0.228. The van der Waals surface area contributed by atoms with Crippen LogP contribution in [0.15, 0.2) is 10.9 Å². The molecular formula is C3H2N2O2. The molecule has 0 spiro atoms. The highest BCUT2D eigenvalue weighted by Crippen LogP contribution is 1.85. The average molecular weight is 98.1 g/mol. The Morgan fingerprint density at radius 3 is 3.14 bits per heavy atom. The van der Waals surface area contributed by atoms with Gasteiger partial charge in [0.1, 0.15) is 6.21 Å². The molecule has 4 nitrogen and oxygen atoms in total. The molecule has 36 valence electrons. The highest BCUT2D eigenvalue weighted by atomic mass is 16.8. The van der Waals surface area contributed by atoms with Gasteiger partial charge in [0.05, 0.1) is 0 Å². The van der Waals surface area contributed by atoms with E-state index in [9.17, 15) is 4.79 Å². The van der Waals surface area contributed by atoms with Crippen LogP contribution in [0.1, 0.15) is 0 Å². The highest BCUT2D eigenvalue weighted by molar-refractivity contribution is 5.88. The summed E-state index contributed by atoms with van der Waals surface area (Å²) in [7, 11) is 0. The average Bonchev–Trinajstić information content (AvgIpc) is 2.14. The second kappa shape index (κ2) is 1.45. The fraction of sp³-hybridized carbons (Fsp3) is 0. The molecule has 0 unspecified atom stereocenters. The Morgan fingerprint density at radius 2 is 2.86 bits per heavy atom. The molecule has 1 heterocycles. The van der Waals surface area contributed by atoms with Gasteiger partial charge in [0.15, 0.2) is 11.6 Å². The summed E-state index contributed by atoms with van der Waals surface area (Å²) < 4.78 is 0. The van der Waals surface area contributed by atoms with Crippen LogP contribution in [0.4, 0.5) is 0 Å². The summed E-state index contributed by atoms with van der Waals surface area (Å²) in [5.74, 6) is 1.55. The normalized spacial score (nSPS) is 15.1. The standard InChI is InChI=1S/C3H2N2O2/c6-2-3-1-4-7-5-3/h1,5H. The van der Waals surface area contributed by atoms with Gasteiger partial charge in [-0.3, -0.25) is 4.94 Å². The lowest BCUT2D eigenvalue weighted by Crippen LogP contribution is -2.03. The molecule has 0 saturated heterocycles. The van der Waals surface area contributed by atoms with E-state index < -0.39 is 0 Å². The Bertz CT molecular complexity index is 145. The maximum Gasteiger partial charge on any atom is 0.179 e. The number of allylic oxidation sites excluding steroid dienone is 1. The molecule has 7 heavy (non-hydrogen) atoms. The predicted molar refractivity (Wildman–Crippen MR) is 21.9 cm³/mol. The highest BCUT2D eigenvalue weighted by Gasteiger charge is 1.97. The minimum absolute atomic E-state index is 0.222. The smallest absolute Gasteiger partial charge is 0.179 e. The van der Waals surface area contributed by atoms with Gasteiger partial charge in [-0.25, -0.2) is 4.79 Å². The van der Waals surface area contributed by atoms with Crippen molar-refractivity contribution in [2.24, 2.45) is 5.16 Å². The number of hydrogen-bond donors (Lipinski definition) is 1. The molecule has 4 heteroatoms. The van der Waals surface area contributed by atoms with E-state index in [0.717, 1.165) is 0 Å². The summed E-state index contributed by atoms with van der Waals surface area (Å²) in [5.41, 5.74) is 2.40. The molecule has 0 bridgehead atoms. The minimum Gasteiger partial charge on any atom is -0.270 e. The Labute approximate surface area is 39.4 Å². The molecule has 0 radical (unpaired) electrons. The molecule has 0 aromatic rings. The number of carbonyl (C=O) groups excluding carboxylic acids is 1. The van der Waals surface area contributed by atoms with Gasteiger partial charge in [-0.15, -0.1) is 0 Å². The number of nitrogens with one attached hydrogen (secondary N) is 1. The number of hydroxylamine groups is 1. The Balaban J connectivity index is 2.77. The summed E-state index contributed by atoms with van der Waals surface area (Å²) in [6.07, 6.45) is 1.24. The molecule has 0 aromatic carbocycles. The van der Waals surface area contributed by atoms with Crippen LogP contribution in [0.3, 0.4) is 0 Å². The lowest BCUT2D eigenvalue weighted by atomic mass is 10.6. The van der Waals surface area contributed by atoms with Crippen molar-refractivity contribution in [3.63, 3.8) is 0 Å². The molecular weight excluding hydrogens is 96.0 g/mol. The van der Waals surface area contributed by atoms with Crippen LogP contribution in [-0.4, -0.2) is 12.2 Å². The summed E-state index contributed by atoms with van der Waals surface area (Å²) in [6.45, 7) is 0. The number of nitrogens with zero attached hydrogens (tertiary/aromatic N) is 1. The third-order valence-corrected chi connectivity index (χ3v) is 0.500. The third kappa shape index (κ3) is 0.586. The summed E-state index contributed by atoms with van der Waals surface area (Å²) >= 11 is 0. The summed E-state index contributed by atoms with van der Waals surface area (Å²) in [6, 6.07) is 0. The molecule has 0 amide bonds. The maximum atomic E-state index is 9.61. The van der Waals surface area contributed by atoms with Crippen molar-refractivity contribution in [2.45, 2.75) is 0 Å². The molecule has 1 aliphatic rings. The predicted octanol–water partition coefficient (Wildman–Crippen LogP) is -0.778. The van der Waals surface area contributed by atoms with Crippen molar-refractivity contribution in [3.8, 4) is 0 Å². The van der Waals surface area contributed by atoms with E-state index in [1.807, 2.05) is 0 Å². The molecule has 0 fully saturated rings. The Morgan fingerprint density at radius 1 is 2.00 bits per heavy atom. The topological polar surface area (TPSA) is 50.7 Å². The lowest BCUT2D eigenvalue weighted by molar-refractivity contribution is 0.0914. The summed E-state index contributed by atoms with van der Waals surface area (Å²) in [5, 5.41) is 3.20. The third-order valence-electron chi connectivity index (χ3n) is 0.500. The van der Waals surface area contributed by atoms with E-state index in [0.29, 0.717) is 0 Å². The molecule has 0 aromatic heterocycles. The van der Waals surface area contributed by atoms with Crippen LogP contribution in [0, 0.1) is 0 Å². The lowest BCUT2D eigenvalue weighted by Gasteiger charge is -1.82. The van der Waals surface area contributed by atoms with Crippen LogP contribution in [0.5, 0.6) is 0 Å². The van der Waals surface area contributed by atoms with Gasteiger partial charge in [0, 0.05) is 0 Å². The molecule has 1 N–H and O–H groups in total. The van der Waals surface area contributed by atoms with Crippen molar-refractivity contribution in [1.29, 1.82) is 0 Å².